The molecule has 0 aliphatic carbocycles. The molecule has 2 atom stereocenters. The van der Waals surface area contributed by atoms with E-state index in [4.69, 9.17) is 25.2 Å². The maximum atomic E-state index is 14.6. The number of aromatic nitrogens is 2. The summed E-state index contributed by atoms with van der Waals surface area (Å²) in [5.41, 5.74) is 1.03. The smallest absolute Gasteiger partial charge is 0.416 e. The van der Waals surface area contributed by atoms with Crippen LogP contribution in [0.2, 0.25) is 0 Å². The molecule has 0 radical (unpaired) electrons. The van der Waals surface area contributed by atoms with Crippen LogP contribution in [0.15, 0.2) is 95.9 Å². The second-order valence-corrected chi connectivity index (χ2v) is 15.8. The number of methoxy groups -OCH3 is 1. The standard InChI is InChI=1S/C42H41F5N4O4.C4H6O6/c1-41(2,40(54)55-3)49-22-19-32(20-23-49)50(25-27-9-11-28(12-10-27)29-13-16-31(17-14-29)42(45,46)47)37(53)26-51-33(18-15-30-6-4-8-35(43)38(30)44)24-36(52)34-7-5-21-48-39(34)51;5-1(3(7)8)2(6)4(9)10/h4-14,16-17,21,24,32H,15,18-20,22-23,25-26H2,1-3H3;1-2,5-6H,(H,7,8)(H,9,10). The average Bonchev–Trinajstić information content (AvgIpc) is 3.29. The van der Waals surface area contributed by atoms with Gasteiger partial charge in [-0.05, 0) is 92.1 Å². The number of carbonyl (C=O) groups is 4. The minimum Gasteiger partial charge on any atom is -0.479 e. The number of nitrogens with zero attached hydrogens (tertiary/aromatic N) is 4. The third kappa shape index (κ3) is 12.0. The first-order chi connectivity index (χ1) is 30.6. The van der Waals surface area contributed by atoms with Gasteiger partial charge in [0.05, 0.1) is 18.1 Å². The Hall–Kier alpha value is -6.57. The zero-order valence-electron chi connectivity index (χ0n) is 35.5. The fraction of sp³-hybridized carbons (Fsp3) is 0.348. The Balaban J connectivity index is 0.000000709. The van der Waals surface area contributed by atoms with Gasteiger partial charge >= 0.3 is 24.1 Å². The van der Waals surface area contributed by atoms with Crippen molar-refractivity contribution in [1.29, 1.82) is 0 Å². The van der Waals surface area contributed by atoms with Crippen LogP contribution in [0.1, 0.15) is 49.1 Å². The minimum absolute atomic E-state index is 0.0685. The van der Waals surface area contributed by atoms with Crippen molar-refractivity contribution in [2.75, 3.05) is 20.2 Å². The molecule has 65 heavy (non-hydrogen) atoms. The van der Waals surface area contributed by atoms with E-state index in [0.29, 0.717) is 48.1 Å². The van der Waals surface area contributed by atoms with E-state index in [1.165, 1.54) is 43.6 Å². The van der Waals surface area contributed by atoms with Gasteiger partial charge in [0.25, 0.3) is 0 Å². The molecule has 2 unspecified atom stereocenters. The number of piperidine rings is 1. The number of alkyl halides is 3. The molecule has 0 saturated carbocycles. The van der Waals surface area contributed by atoms with Gasteiger partial charge in [-0.1, -0.05) is 48.5 Å². The number of fused-ring (bicyclic) bond motifs is 1. The normalized spacial score (nSPS) is 14.5. The molecule has 6 rings (SSSR count). The Bertz CT molecular complexity index is 2540. The number of aliphatic hydroxyl groups excluding tert-OH is 2. The van der Waals surface area contributed by atoms with Gasteiger partial charge in [0, 0.05) is 43.6 Å². The second kappa shape index (κ2) is 21.0. The summed E-state index contributed by atoms with van der Waals surface area (Å²) in [5, 5.41) is 32.8. The van der Waals surface area contributed by atoms with Crippen LogP contribution in [-0.4, -0.2) is 108 Å². The average molecular weight is 911 g/mol. The lowest BCUT2D eigenvalue weighted by atomic mass is 9.95. The van der Waals surface area contributed by atoms with Crippen LogP contribution in [0, 0.1) is 11.6 Å². The van der Waals surface area contributed by atoms with E-state index in [1.807, 2.05) is 17.0 Å². The summed E-state index contributed by atoms with van der Waals surface area (Å²) in [5.74, 6) is -6.12. The molecule has 1 saturated heterocycles. The van der Waals surface area contributed by atoms with E-state index in [9.17, 15) is 45.9 Å². The molecule has 0 spiro atoms. The number of likely N-dealkylation sites (tertiary alicyclic amines) is 1. The molecular weight excluding hydrogens is 864 g/mol. The lowest BCUT2D eigenvalue weighted by molar-refractivity contribution is -0.165. The number of amides is 1. The summed E-state index contributed by atoms with van der Waals surface area (Å²) < 4.78 is 74.8. The highest BCUT2D eigenvalue weighted by Crippen LogP contribution is 2.32. The first-order valence-electron chi connectivity index (χ1n) is 20.3. The number of ether oxygens (including phenoxy) is 1. The lowest BCUT2D eigenvalue weighted by Crippen LogP contribution is -2.56. The summed E-state index contributed by atoms with van der Waals surface area (Å²) in [6.45, 7) is 4.61. The molecule has 3 aromatic carbocycles. The van der Waals surface area contributed by atoms with Gasteiger partial charge in [-0.25, -0.2) is 23.4 Å². The fourth-order valence-corrected chi connectivity index (χ4v) is 7.52. The van der Waals surface area contributed by atoms with Gasteiger partial charge in [0.1, 0.15) is 17.7 Å². The Morgan fingerprint density at radius 3 is 1.98 bits per heavy atom. The number of hydrogen-bond donors (Lipinski definition) is 4. The summed E-state index contributed by atoms with van der Waals surface area (Å²) in [6.07, 6.45) is -6.17. The van der Waals surface area contributed by atoms with E-state index in [1.54, 1.807) is 47.6 Å². The summed E-state index contributed by atoms with van der Waals surface area (Å²) in [7, 11) is 1.35. The van der Waals surface area contributed by atoms with Crippen molar-refractivity contribution in [1.82, 2.24) is 19.4 Å². The van der Waals surface area contributed by atoms with Gasteiger partial charge in [-0.2, -0.15) is 13.2 Å². The van der Waals surface area contributed by atoms with Crippen molar-refractivity contribution in [2.45, 2.75) is 82.6 Å². The first-order valence-corrected chi connectivity index (χ1v) is 20.3. The molecule has 1 aliphatic heterocycles. The Kier molecular flexibility index (Phi) is 15.9. The zero-order chi connectivity index (χ0) is 47.8. The number of rotatable bonds is 14. The van der Waals surface area contributed by atoms with Crippen molar-refractivity contribution in [3.63, 3.8) is 0 Å². The zero-order valence-corrected chi connectivity index (χ0v) is 35.5. The fourth-order valence-electron chi connectivity index (χ4n) is 7.52. The third-order valence-electron chi connectivity index (χ3n) is 11.3. The lowest BCUT2D eigenvalue weighted by Gasteiger charge is -2.44. The Labute approximate surface area is 369 Å². The maximum absolute atomic E-state index is 14.6. The molecule has 346 valence electrons. The number of carboxylic acids is 2. The Morgan fingerprint density at radius 2 is 1.43 bits per heavy atom. The largest absolute Gasteiger partial charge is 0.479 e. The second-order valence-electron chi connectivity index (χ2n) is 15.8. The van der Waals surface area contributed by atoms with E-state index in [2.05, 4.69) is 4.98 Å². The molecular formula is C46H47F5N4O10. The molecule has 2 aromatic heterocycles. The number of carbonyl (C=O) groups excluding carboxylic acids is 2. The molecule has 1 fully saturated rings. The number of hydrogen-bond acceptors (Lipinski definition) is 10. The van der Waals surface area contributed by atoms with Gasteiger partial charge in [-0.3, -0.25) is 19.3 Å². The van der Waals surface area contributed by atoms with Crippen LogP contribution in [0.4, 0.5) is 22.0 Å². The molecule has 19 heteroatoms. The number of aryl methyl sites for hydroxylation is 2. The van der Waals surface area contributed by atoms with Crippen LogP contribution in [-0.2, 0) is 56.0 Å². The minimum atomic E-state index is -4.44. The van der Waals surface area contributed by atoms with Crippen LogP contribution >= 0.6 is 0 Å². The molecule has 3 heterocycles. The quantitative estimate of drug-likeness (QED) is 0.0811. The van der Waals surface area contributed by atoms with Gasteiger partial charge in [0.2, 0.25) is 5.91 Å². The number of pyridine rings is 2. The van der Waals surface area contributed by atoms with Gasteiger partial charge < -0.3 is 34.6 Å². The van der Waals surface area contributed by atoms with Crippen LogP contribution in [0.5, 0.6) is 0 Å². The topological polar surface area (TPSA) is 200 Å². The first kappa shape index (κ1) is 49.4. The molecule has 0 bridgehead atoms. The van der Waals surface area contributed by atoms with E-state index >= 15 is 0 Å². The predicted octanol–water partition coefficient (Wildman–Crippen LogP) is 5.47. The highest BCUT2D eigenvalue weighted by atomic mass is 19.4. The highest BCUT2D eigenvalue weighted by Gasteiger charge is 2.39. The van der Waals surface area contributed by atoms with E-state index < -0.39 is 53.1 Å². The number of aliphatic carboxylic acids is 2. The SMILES string of the molecule is COC(=O)C(C)(C)N1CCC(N(Cc2ccc(-c3ccc(C(F)(F)F)cc3)cc2)C(=O)Cn2c(CCc3cccc(F)c3F)cc(=O)c3cccnc32)CC1.O=C(O)C(O)C(O)C(=O)O. The Morgan fingerprint density at radius 1 is 0.846 bits per heavy atom. The van der Waals surface area contributed by atoms with Crippen LogP contribution < -0.4 is 5.43 Å². The summed E-state index contributed by atoms with van der Waals surface area (Å²) in [4.78, 5) is 68.2. The number of aliphatic hydroxyl groups is 2. The van der Waals surface area contributed by atoms with E-state index in [0.717, 1.165) is 23.8 Å². The third-order valence-corrected chi connectivity index (χ3v) is 11.3. The van der Waals surface area contributed by atoms with Gasteiger partial charge in [-0.15, -0.1) is 0 Å². The van der Waals surface area contributed by atoms with Crippen LogP contribution in [0.25, 0.3) is 22.2 Å². The summed E-state index contributed by atoms with van der Waals surface area (Å²) >= 11 is 0. The van der Waals surface area contributed by atoms with Gasteiger partial charge in [0.15, 0.2) is 29.3 Å². The maximum Gasteiger partial charge on any atom is 0.416 e. The van der Waals surface area contributed by atoms with Crippen molar-refractivity contribution < 1.29 is 66.3 Å². The van der Waals surface area contributed by atoms with E-state index in [-0.39, 0.29) is 60.5 Å². The molecule has 14 nitrogen and oxygen atoms in total. The van der Waals surface area contributed by atoms with Crippen molar-refractivity contribution in [3.8, 4) is 11.1 Å². The molecule has 5 aromatic rings. The van der Waals surface area contributed by atoms with Crippen molar-refractivity contribution >= 4 is 34.8 Å². The molecule has 1 amide bonds. The van der Waals surface area contributed by atoms with Crippen molar-refractivity contribution in [2.24, 2.45) is 0 Å². The monoisotopic (exact) mass is 910 g/mol. The number of esters is 1. The molecule has 1 aliphatic rings. The predicted molar refractivity (Wildman–Crippen MR) is 225 cm³/mol. The number of carboxylic acid groups (broad SMARTS) is 2. The molecule has 4 N–H and O–H groups in total. The van der Waals surface area contributed by atoms with Crippen molar-refractivity contribution in [3.05, 3.63) is 135 Å². The number of benzene rings is 3. The summed E-state index contributed by atoms with van der Waals surface area (Å²) in [6, 6.07) is 20.5. The highest BCUT2D eigenvalue weighted by molar-refractivity contribution is 5.83. The number of halogens is 5. The van der Waals surface area contributed by atoms with Crippen LogP contribution in [0.3, 0.4) is 0 Å².